The molecule has 0 bridgehead atoms. The number of aliphatic hydroxyl groups is 1. The first-order valence-electron chi connectivity index (χ1n) is 15.0. The molecule has 0 aliphatic carbocycles. The Labute approximate surface area is 269 Å². The lowest BCUT2D eigenvalue weighted by atomic mass is 9.80. The van der Waals surface area contributed by atoms with E-state index in [0.717, 1.165) is 43.6 Å². The molecule has 1 amide bonds. The first kappa shape index (κ1) is 32.3. The minimum absolute atomic E-state index is 0.150. The van der Waals surface area contributed by atoms with Crippen LogP contribution in [0.25, 0.3) is 11.6 Å². The zero-order valence-corrected chi connectivity index (χ0v) is 27.0. The van der Waals surface area contributed by atoms with Crippen LogP contribution in [0.5, 0.6) is 11.5 Å². The second kappa shape index (κ2) is 13.9. The van der Waals surface area contributed by atoms with Crippen LogP contribution in [0.15, 0.2) is 55.3 Å². The van der Waals surface area contributed by atoms with Crippen molar-refractivity contribution in [2.24, 2.45) is 5.41 Å². The number of methoxy groups -OCH3 is 2. The fourth-order valence-corrected chi connectivity index (χ4v) is 5.94. The molecule has 238 valence electrons. The highest BCUT2D eigenvalue weighted by Crippen LogP contribution is 2.42. The topological polar surface area (TPSA) is 112 Å². The summed E-state index contributed by atoms with van der Waals surface area (Å²) < 4.78 is 11.0. The van der Waals surface area contributed by atoms with Crippen LogP contribution in [0, 0.1) is 5.41 Å². The number of aliphatic hydroxyl groups excluding tert-OH is 1. The molecule has 1 unspecified atom stereocenters. The van der Waals surface area contributed by atoms with Crippen molar-refractivity contribution in [1.29, 1.82) is 0 Å². The van der Waals surface area contributed by atoms with Gasteiger partial charge < -0.3 is 35.0 Å². The summed E-state index contributed by atoms with van der Waals surface area (Å²) in [4.78, 5) is 25.5. The van der Waals surface area contributed by atoms with E-state index in [1.54, 1.807) is 32.5 Å². The standard InChI is InChI=1S/C34H41ClN6O4/c1-6-29(42)38-24-9-7-22(8-10-24)11-14-41-31-23(20-36-33(39-31)37-21-34(2)12-15-40(3)16-13-34)17-27(32(41)43)26-18-25(44-4)19-28(45-5)30(26)35/h6-10,17-20,32,43H,1,11-16,21H2,2-5H3,(H,38,42)(H,36,37,39). The van der Waals surface area contributed by atoms with Gasteiger partial charge in [-0.25, -0.2) is 4.98 Å². The Balaban J connectivity index is 1.45. The SMILES string of the molecule is C=CC(=O)Nc1ccc(CCN2c3nc(NCC4(C)CCN(C)CC4)ncc3C=C(c3cc(OC)cc(OC)c3Cl)C2O)cc1. The molecular weight excluding hydrogens is 592 g/mol. The van der Waals surface area contributed by atoms with Crippen molar-refractivity contribution in [3.63, 3.8) is 0 Å². The van der Waals surface area contributed by atoms with Crippen molar-refractivity contribution in [2.75, 3.05) is 63.0 Å². The van der Waals surface area contributed by atoms with Gasteiger partial charge in [0.15, 0.2) is 6.23 Å². The number of ether oxygens (including phenoxy) is 2. The molecule has 5 rings (SSSR count). The minimum atomic E-state index is -1.06. The molecule has 3 N–H and O–H groups in total. The van der Waals surface area contributed by atoms with E-state index in [0.29, 0.717) is 58.1 Å². The summed E-state index contributed by atoms with van der Waals surface area (Å²) in [6, 6.07) is 11.1. The van der Waals surface area contributed by atoms with Gasteiger partial charge in [-0.3, -0.25) is 4.79 Å². The van der Waals surface area contributed by atoms with Gasteiger partial charge in [0.1, 0.15) is 17.3 Å². The summed E-state index contributed by atoms with van der Waals surface area (Å²) in [6.45, 7) is 9.14. The molecule has 1 saturated heterocycles. The fraction of sp³-hybridized carbons (Fsp3) is 0.382. The molecule has 0 spiro atoms. The predicted molar refractivity (Wildman–Crippen MR) is 180 cm³/mol. The van der Waals surface area contributed by atoms with Crippen molar-refractivity contribution in [3.05, 3.63) is 77.0 Å². The number of nitrogens with zero attached hydrogens (tertiary/aromatic N) is 4. The van der Waals surface area contributed by atoms with Gasteiger partial charge in [0.05, 0.1) is 19.2 Å². The van der Waals surface area contributed by atoms with Crippen molar-refractivity contribution < 1.29 is 19.4 Å². The van der Waals surface area contributed by atoms with Gasteiger partial charge in [-0.15, -0.1) is 0 Å². The number of hydrogen-bond acceptors (Lipinski definition) is 9. The summed E-state index contributed by atoms with van der Waals surface area (Å²) in [5.41, 5.74) is 3.79. The molecule has 1 fully saturated rings. The smallest absolute Gasteiger partial charge is 0.247 e. The number of halogens is 1. The highest BCUT2D eigenvalue weighted by Gasteiger charge is 2.32. The van der Waals surface area contributed by atoms with Gasteiger partial charge in [0.2, 0.25) is 11.9 Å². The van der Waals surface area contributed by atoms with E-state index >= 15 is 0 Å². The van der Waals surface area contributed by atoms with Gasteiger partial charge in [-0.1, -0.05) is 37.2 Å². The minimum Gasteiger partial charge on any atom is -0.497 e. The van der Waals surface area contributed by atoms with Crippen molar-refractivity contribution in [3.8, 4) is 11.5 Å². The summed E-state index contributed by atoms with van der Waals surface area (Å²) >= 11 is 6.78. The van der Waals surface area contributed by atoms with Crippen LogP contribution < -0.4 is 25.0 Å². The number of fused-ring (bicyclic) bond motifs is 1. The molecule has 2 aromatic carbocycles. The number of anilines is 3. The molecular formula is C34H41ClN6O4. The van der Waals surface area contributed by atoms with Crippen molar-refractivity contribution >= 4 is 46.6 Å². The number of likely N-dealkylation sites (tertiary alicyclic amines) is 1. The number of hydrogen-bond donors (Lipinski definition) is 3. The number of rotatable bonds is 11. The second-order valence-electron chi connectivity index (χ2n) is 11.9. The third-order valence-electron chi connectivity index (χ3n) is 8.65. The molecule has 3 heterocycles. The third-order valence-corrected chi connectivity index (χ3v) is 9.04. The van der Waals surface area contributed by atoms with Crippen LogP contribution in [0.4, 0.5) is 17.5 Å². The third kappa shape index (κ3) is 7.41. The highest BCUT2D eigenvalue weighted by molar-refractivity contribution is 6.34. The number of nitrogens with one attached hydrogen (secondary N) is 2. The zero-order valence-electron chi connectivity index (χ0n) is 26.3. The maximum atomic E-state index is 11.9. The number of piperidine rings is 1. The van der Waals surface area contributed by atoms with E-state index in [2.05, 4.69) is 41.1 Å². The van der Waals surface area contributed by atoms with E-state index in [-0.39, 0.29) is 11.3 Å². The average Bonchev–Trinajstić information content (AvgIpc) is 3.05. The Kier molecular flexibility index (Phi) is 9.96. The van der Waals surface area contributed by atoms with Crippen LogP contribution in [0.1, 0.15) is 36.5 Å². The summed E-state index contributed by atoms with van der Waals surface area (Å²) in [7, 11) is 5.27. The monoisotopic (exact) mass is 632 g/mol. The van der Waals surface area contributed by atoms with Crippen LogP contribution in [0.3, 0.4) is 0 Å². The lowest BCUT2D eigenvalue weighted by Gasteiger charge is -2.38. The number of aromatic nitrogens is 2. The maximum Gasteiger partial charge on any atom is 0.247 e. The summed E-state index contributed by atoms with van der Waals surface area (Å²) in [5.74, 6) is 1.87. The van der Waals surface area contributed by atoms with Gasteiger partial charge in [-0.2, -0.15) is 4.98 Å². The second-order valence-corrected chi connectivity index (χ2v) is 12.3. The van der Waals surface area contributed by atoms with Crippen LogP contribution in [-0.2, 0) is 11.2 Å². The predicted octanol–water partition coefficient (Wildman–Crippen LogP) is 5.34. The lowest BCUT2D eigenvalue weighted by Crippen LogP contribution is -2.41. The first-order valence-corrected chi connectivity index (χ1v) is 15.4. The Bertz CT molecular complexity index is 1570. The van der Waals surface area contributed by atoms with E-state index in [9.17, 15) is 9.90 Å². The lowest BCUT2D eigenvalue weighted by molar-refractivity contribution is -0.111. The molecule has 2 aliphatic heterocycles. The molecule has 1 aromatic heterocycles. The molecule has 0 radical (unpaired) electrons. The van der Waals surface area contributed by atoms with E-state index in [1.165, 1.54) is 6.08 Å². The molecule has 10 nitrogen and oxygen atoms in total. The number of amides is 1. The van der Waals surface area contributed by atoms with E-state index in [1.807, 2.05) is 35.2 Å². The summed E-state index contributed by atoms with van der Waals surface area (Å²) in [5, 5.41) is 18.5. The Morgan fingerprint density at radius 3 is 2.60 bits per heavy atom. The Morgan fingerprint density at radius 2 is 1.93 bits per heavy atom. The van der Waals surface area contributed by atoms with Gasteiger partial charge >= 0.3 is 0 Å². The van der Waals surface area contributed by atoms with Gasteiger partial charge in [-0.05, 0) is 80.7 Å². The fourth-order valence-electron chi connectivity index (χ4n) is 5.64. The number of benzene rings is 2. The largest absolute Gasteiger partial charge is 0.497 e. The molecule has 3 aromatic rings. The highest BCUT2D eigenvalue weighted by atomic mass is 35.5. The van der Waals surface area contributed by atoms with Crippen LogP contribution in [0.2, 0.25) is 5.02 Å². The Hall–Kier alpha value is -4.12. The Morgan fingerprint density at radius 1 is 1.20 bits per heavy atom. The molecule has 0 saturated carbocycles. The first-order chi connectivity index (χ1) is 21.6. The number of carbonyl (C=O) groups is 1. The molecule has 1 atom stereocenters. The molecule has 45 heavy (non-hydrogen) atoms. The molecule has 11 heteroatoms. The van der Waals surface area contributed by atoms with Crippen molar-refractivity contribution in [2.45, 2.75) is 32.4 Å². The molecule has 2 aliphatic rings. The number of carbonyl (C=O) groups excluding carboxylic acids is 1. The van der Waals surface area contributed by atoms with Gasteiger partial charge in [0.25, 0.3) is 0 Å². The van der Waals surface area contributed by atoms with Crippen molar-refractivity contribution in [1.82, 2.24) is 14.9 Å². The average molecular weight is 633 g/mol. The van der Waals surface area contributed by atoms with Gasteiger partial charge in [0, 0.05) is 47.7 Å². The normalized spacial score (nSPS) is 17.6. The zero-order chi connectivity index (χ0) is 32.1. The van der Waals surface area contributed by atoms with E-state index < -0.39 is 6.23 Å². The summed E-state index contributed by atoms with van der Waals surface area (Å²) in [6.07, 6.45) is 6.62. The van der Waals surface area contributed by atoms with E-state index in [4.69, 9.17) is 26.1 Å². The quantitative estimate of drug-likeness (QED) is 0.241. The van der Waals surface area contributed by atoms with Crippen LogP contribution >= 0.6 is 11.6 Å². The maximum absolute atomic E-state index is 11.9. The van der Waals surface area contributed by atoms with Crippen LogP contribution in [-0.4, -0.2) is 79.6 Å².